The van der Waals surface area contributed by atoms with Crippen LogP contribution in [-0.2, 0) is 0 Å². The van der Waals surface area contributed by atoms with Gasteiger partial charge in [-0.2, -0.15) is 0 Å². The largest absolute Gasteiger partial charge is 0.494 e. The van der Waals surface area contributed by atoms with Gasteiger partial charge in [-0.05, 0) is 56.0 Å². The number of rotatable bonds is 6. The van der Waals surface area contributed by atoms with Crippen LogP contribution in [0.1, 0.15) is 40.0 Å². The molecule has 3 heteroatoms. The molecule has 0 radical (unpaired) electrons. The minimum absolute atomic E-state index is 0.248. The summed E-state index contributed by atoms with van der Waals surface area (Å²) in [5, 5.41) is 3.41. The first-order chi connectivity index (χ1) is 9.56. The highest BCUT2D eigenvalue weighted by Gasteiger charge is 2.42. The highest BCUT2D eigenvalue weighted by molar-refractivity contribution is 5.31. The van der Waals surface area contributed by atoms with Crippen LogP contribution in [0.15, 0.2) is 24.3 Å². The smallest absolute Gasteiger partial charge is 0.120 e. The molecule has 112 valence electrons. The van der Waals surface area contributed by atoms with Crippen molar-refractivity contribution in [1.29, 1.82) is 0 Å². The van der Waals surface area contributed by atoms with Crippen LogP contribution >= 0.6 is 0 Å². The Hall–Kier alpha value is -1.22. The zero-order valence-electron chi connectivity index (χ0n) is 13.1. The van der Waals surface area contributed by atoms with E-state index < -0.39 is 0 Å². The normalized spacial score (nSPS) is 24.6. The van der Waals surface area contributed by atoms with Crippen molar-refractivity contribution >= 4 is 0 Å². The Bertz CT molecular complexity index is 414. The van der Waals surface area contributed by atoms with Crippen molar-refractivity contribution in [1.82, 2.24) is 5.32 Å². The topological polar surface area (TPSA) is 30.5 Å². The predicted molar refractivity (Wildman–Crippen MR) is 82.5 cm³/mol. The summed E-state index contributed by atoms with van der Waals surface area (Å²) in [4.78, 5) is 0. The van der Waals surface area contributed by atoms with Crippen molar-refractivity contribution in [2.24, 2.45) is 5.41 Å². The molecular weight excluding hydrogens is 250 g/mol. The summed E-state index contributed by atoms with van der Waals surface area (Å²) < 4.78 is 11.7. The molecule has 1 N–H and O–H groups in total. The van der Waals surface area contributed by atoms with Gasteiger partial charge in [-0.3, -0.25) is 0 Å². The predicted octanol–water partition coefficient (Wildman–Crippen LogP) is 3.63. The first-order valence-electron chi connectivity index (χ1n) is 7.63. The second-order valence-corrected chi connectivity index (χ2v) is 6.27. The second kappa shape index (κ2) is 6.49. The molecule has 3 nitrogen and oxygen atoms in total. The Kier molecular flexibility index (Phi) is 4.92. The molecule has 20 heavy (non-hydrogen) atoms. The van der Waals surface area contributed by atoms with Gasteiger partial charge in [0.05, 0.1) is 6.61 Å². The van der Waals surface area contributed by atoms with Gasteiger partial charge >= 0.3 is 0 Å². The van der Waals surface area contributed by atoms with E-state index in [0.717, 1.165) is 30.9 Å². The van der Waals surface area contributed by atoms with Crippen LogP contribution in [0.5, 0.6) is 11.5 Å². The lowest BCUT2D eigenvalue weighted by atomic mass is 9.87. The number of ether oxygens (including phenoxy) is 2. The van der Waals surface area contributed by atoms with Crippen LogP contribution in [-0.4, -0.2) is 25.8 Å². The fourth-order valence-corrected chi connectivity index (χ4v) is 3.05. The van der Waals surface area contributed by atoms with Gasteiger partial charge in [-0.25, -0.2) is 0 Å². The van der Waals surface area contributed by atoms with Crippen LogP contribution in [0.4, 0.5) is 0 Å². The molecule has 1 aromatic rings. The van der Waals surface area contributed by atoms with Crippen molar-refractivity contribution in [3.05, 3.63) is 24.3 Å². The number of hydrogen-bond donors (Lipinski definition) is 1. The van der Waals surface area contributed by atoms with E-state index >= 15 is 0 Å². The first kappa shape index (κ1) is 15.2. The third-order valence-corrected chi connectivity index (χ3v) is 4.18. The molecule has 2 rings (SSSR count). The van der Waals surface area contributed by atoms with Gasteiger partial charge in [0.25, 0.3) is 0 Å². The monoisotopic (exact) mass is 277 g/mol. The first-order valence-corrected chi connectivity index (χ1v) is 7.63. The Balaban J connectivity index is 1.96. The van der Waals surface area contributed by atoms with Gasteiger partial charge in [0.1, 0.15) is 17.6 Å². The molecule has 2 atom stereocenters. The fourth-order valence-electron chi connectivity index (χ4n) is 3.05. The van der Waals surface area contributed by atoms with E-state index in [2.05, 4.69) is 26.1 Å². The van der Waals surface area contributed by atoms with E-state index in [1.165, 1.54) is 6.42 Å². The molecule has 1 fully saturated rings. The molecule has 0 bridgehead atoms. The molecule has 0 aliphatic heterocycles. The quantitative estimate of drug-likeness (QED) is 0.861. The summed E-state index contributed by atoms with van der Waals surface area (Å²) in [6, 6.07) is 8.38. The minimum atomic E-state index is 0.248. The highest BCUT2D eigenvalue weighted by Crippen LogP contribution is 2.39. The maximum atomic E-state index is 6.16. The maximum absolute atomic E-state index is 6.16. The Morgan fingerprint density at radius 1 is 1.20 bits per heavy atom. The Morgan fingerprint density at radius 2 is 1.85 bits per heavy atom. The average Bonchev–Trinajstić information content (AvgIpc) is 2.72. The fraction of sp³-hybridized carbons (Fsp3) is 0.647. The second-order valence-electron chi connectivity index (χ2n) is 6.27. The van der Waals surface area contributed by atoms with Crippen LogP contribution in [0.3, 0.4) is 0 Å². The number of likely N-dealkylation sites (N-methyl/N-ethyl adjacent to an activating group) is 1. The molecule has 1 saturated carbocycles. The summed E-state index contributed by atoms with van der Waals surface area (Å²) >= 11 is 0. The number of hydrogen-bond acceptors (Lipinski definition) is 3. The SMILES string of the molecule is CCCOc1ccc(OC2CCC(C)(C)C2NC)cc1. The van der Waals surface area contributed by atoms with E-state index in [-0.39, 0.29) is 6.10 Å². The average molecular weight is 277 g/mol. The Morgan fingerprint density at radius 3 is 2.45 bits per heavy atom. The summed E-state index contributed by atoms with van der Waals surface area (Å²) in [6.07, 6.45) is 3.57. The minimum Gasteiger partial charge on any atom is -0.494 e. The van der Waals surface area contributed by atoms with E-state index in [9.17, 15) is 0 Å². The zero-order chi connectivity index (χ0) is 14.6. The van der Waals surface area contributed by atoms with Crippen molar-refractivity contribution in [2.45, 2.75) is 52.2 Å². The number of benzene rings is 1. The van der Waals surface area contributed by atoms with Crippen LogP contribution in [0.25, 0.3) is 0 Å². The molecule has 2 unspecified atom stereocenters. The molecule has 0 spiro atoms. The van der Waals surface area contributed by atoms with E-state index in [0.29, 0.717) is 11.5 Å². The highest BCUT2D eigenvalue weighted by atomic mass is 16.5. The van der Waals surface area contributed by atoms with Crippen molar-refractivity contribution in [3.8, 4) is 11.5 Å². The molecule has 1 aliphatic rings. The van der Waals surface area contributed by atoms with Gasteiger partial charge < -0.3 is 14.8 Å². The molecule has 1 aromatic carbocycles. The van der Waals surface area contributed by atoms with Crippen LogP contribution in [0.2, 0.25) is 0 Å². The van der Waals surface area contributed by atoms with Crippen LogP contribution < -0.4 is 14.8 Å². The molecule has 1 aliphatic carbocycles. The van der Waals surface area contributed by atoms with Gasteiger partial charge in [-0.15, -0.1) is 0 Å². The van der Waals surface area contributed by atoms with Crippen molar-refractivity contribution < 1.29 is 9.47 Å². The molecule has 0 amide bonds. The van der Waals surface area contributed by atoms with Crippen LogP contribution in [0, 0.1) is 5.41 Å². The lowest BCUT2D eigenvalue weighted by Gasteiger charge is -2.30. The summed E-state index contributed by atoms with van der Waals surface area (Å²) in [5.41, 5.74) is 0.295. The standard InChI is InChI=1S/C17H27NO2/c1-5-12-19-13-6-8-14(9-7-13)20-15-10-11-17(2,3)16(15)18-4/h6-9,15-16,18H,5,10-12H2,1-4H3. The lowest BCUT2D eigenvalue weighted by Crippen LogP contribution is -2.44. The third kappa shape index (κ3) is 3.45. The van der Waals surface area contributed by atoms with Gasteiger partial charge in [-0.1, -0.05) is 20.8 Å². The molecule has 0 aromatic heterocycles. The Labute approximate surface area is 122 Å². The molecule has 0 saturated heterocycles. The zero-order valence-corrected chi connectivity index (χ0v) is 13.1. The van der Waals surface area contributed by atoms with Gasteiger partial charge in [0.2, 0.25) is 0 Å². The summed E-state index contributed by atoms with van der Waals surface area (Å²) in [5.74, 6) is 1.84. The maximum Gasteiger partial charge on any atom is 0.120 e. The summed E-state index contributed by atoms with van der Waals surface area (Å²) in [7, 11) is 2.02. The lowest BCUT2D eigenvalue weighted by molar-refractivity contribution is 0.145. The van der Waals surface area contributed by atoms with E-state index in [4.69, 9.17) is 9.47 Å². The van der Waals surface area contributed by atoms with E-state index in [1.807, 2.05) is 31.3 Å². The van der Waals surface area contributed by atoms with Gasteiger partial charge in [0, 0.05) is 6.04 Å². The van der Waals surface area contributed by atoms with Gasteiger partial charge in [0.15, 0.2) is 0 Å². The van der Waals surface area contributed by atoms with E-state index in [1.54, 1.807) is 0 Å². The summed E-state index contributed by atoms with van der Waals surface area (Å²) in [6.45, 7) is 7.48. The van der Waals surface area contributed by atoms with Crippen molar-refractivity contribution in [2.75, 3.05) is 13.7 Å². The molecular formula is C17H27NO2. The number of nitrogens with one attached hydrogen (secondary N) is 1. The molecule has 0 heterocycles. The third-order valence-electron chi connectivity index (χ3n) is 4.18. The van der Waals surface area contributed by atoms with Crippen molar-refractivity contribution in [3.63, 3.8) is 0 Å².